The molecule has 6 nitrogen and oxygen atoms in total. The van der Waals surface area contributed by atoms with Crippen LogP contribution in [-0.2, 0) is 13.1 Å². The lowest BCUT2D eigenvalue weighted by Gasteiger charge is -2.33. The lowest BCUT2D eigenvalue weighted by atomic mass is 10.0. The van der Waals surface area contributed by atoms with E-state index in [1.54, 1.807) is 0 Å². The van der Waals surface area contributed by atoms with E-state index in [4.69, 9.17) is 0 Å². The molecule has 1 saturated heterocycles. The van der Waals surface area contributed by atoms with Gasteiger partial charge in [0.1, 0.15) is 5.82 Å². The second-order valence-electron chi connectivity index (χ2n) is 7.72. The van der Waals surface area contributed by atoms with Gasteiger partial charge >= 0.3 is 0 Å². The Morgan fingerprint density at radius 3 is 2.42 bits per heavy atom. The van der Waals surface area contributed by atoms with Gasteiger partial charge in [-0.15, -0.1) is 24.0 Å². The van der Waals surface area contributed by atoms with E-state index in [0.717, 1.165) is 55.5 Å². The topological polar surface area (TPSA) is 68.3 Å². The van der Waals surface area contributed by atoms with Crippen molar-refractivity contribution in [2.45, 2.75) is 32.0 Å². The number of piperidine rings is 1. The molecule has 1 aliphatic rings. The first kappa shape index (κ1) is 23.3. The van der Waals surface area contributed by atoms with Crippen LogP contribution in [0.4, 0.5) is 0 Å². The van der Waals surface area contributed by atoms with Gasteiger partial charge in [0.25, 0.3) is 0 Å². The number of imidazole rings is 1. The van der Waals surface area contributed by atoms with E-state index in [9.17, 15) is 0 Å². The molecule has 0 saturated carbocycles. The fraction of sp³-hybridized carbons (Fsp3) is 0.333. The summed E-state index contributed by atoms with van der Waals surface area (Å²) in [5.41, 5.74) is 3.55. The summed E-state index contributed by atoms with van der Waals surface area (Å²) in [6.45, 7) is 3.84. The van der Waals surface area contributed by atoms with Gasteiger partial charge < -0.3 is 15.6 Å². The highest BCUT2D eigenvalue weighted by molar-refractivity contribution is 14.0. The Labute approximate surface area is 201 Å². The van der Waals surface area contributed by atoms with Crippen LogP contribution in [-0.4, -0.2) is 47.0 Å². The van der Waals surface area contributed by atoms with Crippen molar-refractivity contribution >= 4 is 29.9 Å². The normalized spacial score (nSPS) is 15.3. The summed E-state index contributed by atoms with van der Waals surface area (Å²) in [5.74, 6) is 1.73. The molecule has 3 N–H and O–H groups in total. The number of halogens is 1. The smallest absolute Gasteiger partial charge is 0.191 e. The van der Waals surface area contributed by atoms with Crippen LogP contribution in [0.5, 0.6) is 0 Å². The Morgan fingerprint density at radius 1 is 1.06 bits per heavy atom. The van der Waals surface area contributed by atoms with Gasteiger partial charge in [-0.2, -0.15) is 0 Å². The number of H-pyrrole nitrogens is 1. The molecule has 31 heavy (non-hydrogen) atoms. The molecule has 2 heterocycles. The summed E-state index contributed by atoms with van der Waals surface area (Å²) in [6, 6.07) is 21.4. The van der Waals surface area contributed by atoms with Crippen LogP contribution in [0.15, 0.2) is 71.9 Å². The van der Waals surface area contributed by atoms with Gasteiger partial charge in [-0.3, -0.25) is 9.89 Å². The fourth-order valence-corrected chi connectivity index (χ4v) is 3.85. The molecule has 0 aliphatic carbocycles. The molecular formula is C24H31IN6. The quantitative estimate of drug-likeness (QED) is 0.256. The molecule has 0 amide bonds. The molecule has 0 radical (unpaired) electrons. The van der Waals surface area contributed by atoms with Crippen molar-refractivity contribution in [3.63, 3.8) is 0 Å². The summed E-state index contributed by atoms with van der Waals surface area (Å²) >= 11 is 0. The molecule has 3 aromatic rings. The second-order valence-corrected chi connectivity index (χ2v) is 7.72. The van der Waals surface area contributed by atoms with E-state index in [-0.39, 0.29) is 24.0 Å². The van der Waals surface area contributed by atoms with Crippen molar-refractivity contribution in [2.24, 2.45) is 4.99 Å². The maximum absolute atomic E-state index is 4.49. The number of hydrogen-bond acceptors (Lipinski definition) is 3. The first-order valence-electron chi connectivity index (χ1n) is 10.6. The Bertz CT molecular complexity index is 933. The molecule has 164 valence electrons. The largest absolute Gasteiger partial charge is 0.354 e. The number of aromatic amines is 1. The highest BCUT2D eigenvalue weighted by atomic mass is 127. The summed E-state index contributed by atoms with van der Waals surface area (Å²) in [4.78, 5) is 14.8. The first-order chi connectivity index (χ1) is 14.8. The van der Waals surface area contributed by atoms with Crippen LogP contribution in [0.1, 0.15) is 24.2 Å². The number of rotatable bonds is 6. The summed E-state index contributed by atoms with van der Waals surface area (Å²) in [6.07, 6.45) is 4.11. The zero-order valence-electron chi connectivity index (χ0n) is 17.9. The van der Waals surface area contributed by atoms with E-state index in [1.165, 1.54) is 5.56 Å². The number of guanidine groups is 1. The molecule has 4 rings (SSSR count). The van der Waals surface area contributed by atoms with Crippen LogP contribution in [0.3, 0.4) is 0 Å². The molecule has 0 spiro atoms. The van der Waals surface area contributed by atoms with E-state index < -0.39 is 0 Å². The number of hydrogen-bond donors (Lipinski definition) is 3. The van der Waals surface area contributed by atoms with Crippen LogP contribution >= 0.6 is 24.0 Å². The van der Waals surface area contributed by atoms with Gasteiger partial charge in [0, 0.05) is 32.7 Å². The number of nitrogens with zero attached hydrogens (tertiary/aromatic N) is 3. The SMILES string of the molecule is CN=C(NCc1ncc(-c2ccccc2)[nH]1)NC1CCN(Cc2ccccc2)CC1.I. The predicted octanol–water partition coefficient (Wildman–Crippen LogP) is 4.02. The van der Waals surface area contributed by atoms with Crippen LogP contribution < -0.4 is 10.6 Å². The summed E-state index contributed by atoms with van der Waals surface area (Å²) in [7, 11) is 1.82. The Balaban J connectivity index is 0.00000272. The highest BCUT2D eigenvalue weighted by Crippen LogP contribution is 2.16. The number of nitrogens with one attached hydrogen (secondary N) is 3. The third-order valence-electron chi connectivity index (χ3n) is 5.54. The van der Waals surface area contributed by atoms with Gasteiger partial charge in [-0.05, 0) is 24.0 Å². The average molecular weight is 530 g/mol. The predicted molar refractivity (Wildman–Crippen MR) is 138 cm³/mol. The molecule has 0 bridgehead atoms. The van der Waals surface area contributed by atoms with E-state index >= 15 is 0 Å². The lowest BCUT2D eigenvalue weighted by molar-refractivity contribution is 0.198. The van der Waals surface area contributed by atoms with Gasteiger partial charge in [-0.1, -0.05) is 60.7 Å². The van der Waals surface area contributed by atoms with Crippen molar-refractivity contribution in [3.05, 3.63) is 78.2 Å². The van der Waals surface area contributed by atoms with Crippen LogP contribution in [0.25, 0.3) is 11.3 Å². The minimum absolute atomic E-state index is 0. The summed E-state index contributed by atoms with van der Waals surface area (Å²) < 4.78 is 0. The zero-order chi connectivity index (χ0) is 20.6. The molecule has 1 fully saturated rings. The molecule has 1 aromatic heterocycles. The first-order valence-corrected chi connectivity index (χ1v) is 10.6. The third kappa shape index (κ3) is 6.80. The molecule has 0 atom stereocenters. The monoisotopic (exact) mass is 530 g/mol. The van der Waals surface area contributed by atoms with Crippen LogP contribution in [0, 0.1) is 0 Å². The molecule has 7 heteroatoms. The standard InChI is InChI=1S/C24H30N6.HI/c1-25-24(27-17-23-26-16-22(29-23)20-10-6-3-7-11-20)28-21-12-14-30(15-13-21)18-19-8-4-2-5-9-19;/h2-11,16,21H,12-15,17-18H2,1H3,(H,26,29)(H2,25,27,28);1H. The van der Waals surface area contributed by atoms with Gasteiger partial charge in [0.2, 0.25) is 0 Å². The lowest BCUT2D eigenvalue weighted by Crippen LogP contribution is -2.48. The number of benzene rings is 2. The highest BCUT2D eigenvalue weighted by Gasteiger charge is 2.20. The zero-order valence-corrected chi connectivity index (χ0v) is 20.3. The Kier molecular flexibility index (Phi) is 8.90. The molecule has 2 aromatic carbocycles. The van der Waals surface area contributed by atoms with Crippen molar-refractivity contribution in [1.29, 1.82) is 0 Å². The minimum Gasteiger partial charge on any atom is -0.354 e. The Morgan fingerprint density at radius 2 is 1.74 bits per heavy atom. The fourth-order valence-electron chi connectivity index (χ4n) is 3.85. The molecular weight excluding hydrogens is 499 g/mol. The molecule has 0 unspecified atom stereocenters. The second kappa shape index (κ2) is 11.9. The van der Waals surface area contributed by atoms with Gasteiger partial charge in [0.15, 0.2) is 5.96 Å². The number of likely N-dealkylation sites (tertiary alicyclic amines) is 1. The Hall–Kier alpha value is -2.39. The van der Waals surface area contributed by atoms with E-state index in [0.29, 0.717) is 12.6 Å². The third-order valence-corrected chi connectivity index (χ3v) is 5.54. The van der Waals surface area contributed by atoms with Crippen molar-refractivity contribution in [2.75, 3.05) is 20.1 Å². The maximum Gasteiger partial charge on any atom is 0.191 e. The minimum atomic E-state index is 0. The average Bonchev–Trinajstić information content (AvgIpc) is 3.28. The van der Waals surface area contributed by atoms with E-state index in [2.05, 4.69) is 73.0 Å². The number of aliphatic imine (C=N–C) groups is 1. The maximum atomic E-state index is 4.49. The molecule has 1 aliphatic heterocycles. The number of aromatic nitrogens is 2. The summed E-state index contributed by atoms with van der Waals surface area (Å²) in [5, 5.41) is 6.95. The van der Waals surface area contributed by atoms with Gasteiger partial charge in [-0.25, -0.2) is 4.98 Å². The van der Waals surface area contributed by atoms with Crippen molar-refractivity contribution in [3.8, 4) is 11.3 Å². The van der Waals surface area contributed by atoms with Crippen LogP contribution in [0.2, 0.25) is 0 Å². The van der Waals surface area contributed by atoms with Gasteiger partial charge in [0.05, 0.1) is 18.4 Å². The van der Waals surface area contributed by atoms with Crippen molar-refractivity contribution < 1.29 is 0 Å². The van der Waals surface area contributed by atoms with E-state index in [1.807, 2.05) is 31.4 Å². The van der Waals surface area contributed by atoms with Crippen molar-refractivity contribution in [1.82, 2.24) is 25.5 Å².